The van der Waals surface area contributed by atoms with E-state index in [9.17, 15) is 0 Å². The fraction of sp³-hybridized carbons (Fsp3) is 0.714. The molecule has 1 aliphatic carbocycles. The smallest absolute Gasteiger partial charge is 0.137 e. The maximum absolute atomic E-state index is 4.47. The maximum atomic E-state index is 4.47. The quantitative estimate of drug-likeness (QED) is 0.893. The van der Waals surface area contributed by atoms with Crippen LogP contribution in [0.3, 0.4) is 0 Å². The van der Waals surface area contributed by atoms with Gasteiger partial charge in [-0.25, -0.2) is 9.97 Å². The van der Waals surface area contributed by atoms with Gasteiger partial charge in [-0.3, -0.25) is 0 Å². The van der Waals surface area contributed by atoms with E-state index in [0.717, 1.165) is 23.1 Å². The van der Waals surface area contributed by atoms with Gasteiger partial charge in [-0.2, -0.15) is 0 Å². The Morgan fingerprint density at radius 2 is 2.00 bits per heavy atom. The molecule has 2 atom stereocenters. The van der Waals surface area contributed by atoms with Crippen LogP contribution in [0.2, 0.25) is 0 Å². The molecule has 4 nitrogen and oxygen atoms in total. The number of nitrogens with one attached hydrogen (secondary N) is 1. The molecule has 1 aromatic rings. The van der Waals surface area contributed by atoms with Crippen molar-refractivity contribution in [1.29, 1.82) is 0 Å². The minimum atomic E-state index is 0.608. The lowest BCUT2D eigenvalue weighted by Crippen LogP contribution is -2.39. The third-order valence-corrected chi connectivity index (χ3v) is 4.19. The van der Waals surface area contributed by atoms with Gasteiger partial charge < -0.3 is 10.2 Å². The summed E-state index contributed by atoms with van der Waals surface area (Å²) in [6.07, 6.45) is 6.96. The fourth-order valence-corrected chi connectivity index (χ4v) is 3.08. The van der Waals surface area contributed by atoms with Gasteiger partial charge in [0.1, 0.15) is 18.0 Å². The average Bonchev–Trinajstić information content (AvgIpc) is 2.39. The van der Waals surface area contributed by atoms with Crippen molar-refractivity contribution in [1.82, 2.24) is 9.97 Å². The van der Waals surface area contributed by atoms with E-state index in [0.29, 0.717) is 6.04 Å². The molecule has 100 valence electrons. The molecule has 0 saturated heterocycles. The van der Waals surface area contributed by atoms with Crippen LogP contribution in [0.1, 0.15) is 38.2 Å². The van der Waals surface area contributed by atoms with Crippen LogP contribution >= 0.6 is 0 Å². The molecule has 0 aliphatic heterocycles. The molecule has 1 aliphatic rings. The molecule has 0 radical (unpaired) electrons. The molecule has 2 unspecified atom stereocenters. The van der Waals surface area contributed by atoms with E-state index >= 15 is 0 Å². The second-order valence-corrected chi connectivity index (χ2v) is 5.36. The predicted octanol–water partition coefficient (Wildman–Crippen LogP) is 2.84. The van der Waals surface area contributed by atoms with Crippen LogP contribution in [-0.2, 0) is 0 Å². The van der Waals surface area contributed by atoms with Crippen molar-refractivity contribution < 1.29 is 0 Å². The molecule has 4 heteroatoms. The Hall–Kier alpha value is -1.32. The second kappa shape index (κ2) is 5.55. The number of anilines is 2. The summed E-state index contributed by atoms with van der Waals surface area (Å²) >= 11 is 0. The molecule has 0 bridgehead atoms. The first kappa shape index (κ1) is 13.1. The van der Waals surface area contributed by atoms with Gasteiger partial charge >= 0.3 is 0 Å². The highest BCUT2D eigenvalue weighted by Gasteiger charge is 2.26. The Bertz CT molecular complexity index is 405. The minimum absolute atomic E-state index is 0.608. The summed E-state index contributed by atoms with van der Waals surface area (Å²) in [4.78, 5) is 11.1. The largest absolute Gasteiger partial charge is 0.373 e. The number of rotatable bonds is 3. The molecule has 0 spiro atoms. The zero-order valence-electron chi connectivity index (χ0n) is 11.9. The summed E-state index contributed by atoms with van der Waals surface area (Å²) in [6.45, 7) is 4.45. The van der Waals surface area contributed by atoms with Crippen LogP contribution in [0.25, 0.3) is 0 Å². The Kier molecular flexibility index (Phi) is 4.04. The van der Waals surface area contributed by atoms with E-state index in [1.165, 1.54) is 25.7 Å². The zero-order chi connectivity index (χ0) is 13.1. The van der Waals surface area contributed by atoms with Crippen LogP contribution in [-0.4, -0.2) is 30.1 Å². The Morgan fingerprint density at radius 1 is 1.28 bits per heavy atom. The van der Waals surface area contributed by atoms with Crippen molar-refractivity contribution in [3.63, 3.8) is 0 Å². The number of hydrogen-bond donors (Lipinski definition) is 1. The highest BCUT2D eigenvalue weighted by atomic mass is 15.2. The maximum Gasteiger partial charge on any atom is 0.137 e. The third-order valence-electron chi connectivity index (χ3n) is 4.19. The lowest BCUT2D eigenvalue weighted by molar-refractivity contribution is 0.320. The van der Waals surface area contributed by atoms with Gasteiger partial charge in [0.2, 0.25) is 0 Å². The zero-order valence-corrected chi connectivity index (χ0v) is 11.9. The van der Waals surface area contributed by atoms with Gasteiger partial charge in [-0.15, -0.1) is 0 Å². The summed E-state index contributed by atoms with van der Waals surface area (Å²) in [5.41, 5.74) is 1.14. The third kappa shape index (κ3) is 2.42. The van der Waals surface area contributed by atoms with Crippen LogP contribution < -0.4 is 10.2 Å². The molecular formula is C14H24N4. The van der Waals surface area contributed by atoms with Crippen molar-refractivity contribution in [3.05, 3.63) is 11.9 Å². The van der Waals surface area contributed by atoms with Crippen molar-refractivity contribution >= 4 is 11.6 Å². The topological polar surface area (TPSA) is 41.1 Å². The summed E-state index contributed by atoms with van der Waals surface area (Å²) in [6, 6.07) is 0.608. The Labute approximate surface area is 110 Å². The molecule has 0 amide bonds. The lowest BCUT2D eigenvalue weighted by atomic mass is 9.85. The Morgan fingerprint density at radius 3 is 2.67 bits per heavy atom. The van der Waals surface area contributed by atoms with Gasteiger partial charge in [0, 0.05) is 25.7 Å². The monoisotopic (exact) mass is 248 g/mol. The number of nitrogens with zero attached hydrogens (tertiary/aromatic N) is 3. The molecule has 1 saturated carbocycles. The summed E-state index contributed by atoms with van der Waals surface area (Å²) in [5, 5.41) is 3.13. The van der Waals surface area contributed by atoms with Crippen LogP contribution in [0.5, 0.6) is 0 Å². The number of aromatic nitrogens is 2. The highest BCUT2D eigenvalue weighted by Crippen LogP contribution is 2.31. The first-order chi connectivity index (χ1) is 8.65. The normalized spacial score (nSPS) is 23.8. The number of hydrogen-bond acceptors (Lipinski definition) is 4. The summed E-state index contributed by atoms with van der Waals surface area (Å²) in [5.74, 6) is 2.74. The molecule has 1 N–H and O–H groups in total. The van der Waals surface area contributed by atoms with Crippen molar-refractivity contribution in [2.45, 2.75) is 45.6 Å². The molecule has 2 rings (SSSR count). The summed E-state index contributed by atoms with van der Waals surface area (Å²) in [7, 11) is 4.07. The lowest BCUT2D eigenvalue weighted by Gasteiger charge is -2.37. The second-order valence-electron chi connectivity index (χ2n) is 5.36. The molecular weight excluding hydrogens is 224 g/mol. The van der Waals surface area contributed by atoms with Crippen molar-refractivity contribution in [2.24, 2.45) is 5.92 Å². The van der Waals surface area contributed by atoms with Gasteiger partial charge in [0.25, 0.3) is 0 Å². The molecule has 0 aromatic carbocycles. The van der Waals surface area contributed by atoms with E-state index in [4.69, 9.17) is 0 Å². The van der Waals surface area contributed by atoms with Gasteiger partial charge in [-0.1, -0.05) is 19.8 Å². The molecule has 1 aromatic heterocycles. The average molecular weight is 248 g/mol. The first-order valence-corrected chi connectivity index (χ1v) is 6.87. The van der Waals surface area contributed by atoms with Crippen molar-refractivity contribution in [3.8, 4) is 0 Å². The predicted molar refractivity (Wildman–Crippen MR) is 76.1 cm³/mol. The fourth-order valence-electron chi connectivity index (χ4n) is 3.08. The van der Waals surface area contributed by atoms with Crippen molar-refractivity contribution in [2.75, 3.05) is 24.3 Å². The van der Waals surface area contributed by atoms with E-state index in [1.54, 1.807) is 6.33 Å². The molecule has 1 heterocycles. The van der Waals surface area contributed by atoms with E-state index in [2.05, 4.69) is 41.1 Å². The Balaban J connectivity index is 2.24. The van der Waals surface area contributed by atoms with Gasteiger partial charge in [0.15, 0.2) is 0 Å². The van der Waals surface area contributed by atoms with Gasteiger partial charge in [-0.05, 0) is 25.7 Å². The van der Waals surface area contributed by atoms with E-state index < -0.39 is 0 Å². The summed E-state index contributed by atoms with van der Waals surface area (Å²) < 4.78 is 0. The highest BCUT2D eigenvalue weighted by molar-refractivity contribution is 5.57. The first-order valence-electron chi connectivity index (χ1n) is 6.87. The van der Waals surface area contributed by atoms with Crippen LogP contribution in [0, 0.1) is 12.8 Å². The molecule has 1 fully saturated rings. The van der Waals surface area contributed by atoms with E-state index in [1.807, 2.05) is 7.05 Å². The van der Waals surface area contributed by atoms with Gasteiger partial charge in [0.05, 0.1) is 0 Å². The van der Waals surface area contributed by atoms with Crippen LogP contribution in [0.15, 0.2) is 6.33 Å². The SMILES string of the molecule is CNc1ncnc(N(C)C2CCCCC2C)c1C. The van der Waals surface area contributed by atoms with E-state index in [-0.39, 0.29) is 0 Å². The standard InChI is InChI=1S/C14H24N4/c1-10-7-5-6-8-12(10)18(4)14-11(2)13(15-3)16-9-17-14/h9-10,12H,5-8H2,1-4H3,(H,15,16,17). The minimum Gasteiger partial charge on any atom is -0.373 e. The van der Waals surface area contributed by atoms with Crippen LogP contribution in [0.4, 0.5) is 11.6 Å². The molecule has 18 heavy (non-hydrogen) atoms.